The first-order chi connectivity index (χ1) is 13.1. The van der Waals surface area contributed by atoms with Crippen LogP contribution in [0, 0.1) is 6.92 Å². The molecule has 7 nitrogen and oxygen atoms in total. The van der Waals surface area contributed by atoms with E-state index in [0.717, 1.165) is 23.9 Å². The number of fused-ring (bicyclic) bond motifs is 1. The minimum Gasteiger partial charge on any atom is -0.469 e. The Kier molecular flexibility index (Phi) is 4.66. The second-order valence-corrected chi connectivity index (χ2v) is 6.87. The van der Waals surface area contributed by atoms with Gasteiger partial charge in [0.05, 0.1) is 18.4 Å². The highest BCUT2D eigenvalue weighted by molar-refractivity contribution is 5.97. The number of carbonyl (C=O) groups is 2. The summed E-state index contributed by atoms with van der Waals surface area (Å²) in [5, 5.41) is 3.84. The molecular weight excluding hydrogens is 344 g/mol. The maximum atomic E-state index is 12.4. The number of likely N-dealkylation sites (tertiary alicyclic amines) is 1. The lowest BCUT2D eigenvalue weighted by atomic mass is 9.89. The van der Waals surface area contributed by atoms with Gasteiger partial charge >= 0.3 is 0 Å². The van der Waals surface area contributed by atoms with Gasteiger partial charge in [0.15, 0.2) is 0 Å². The van der Waals surface area contributed by atoms with Gasteiger partial charge in [0.2, 0.25) is 5.91 Å². The Morgan fingerprint density at radius 1 is 1.33 bits per heavy atom. The van der Waals surface area contributed by atoms with Crippen molar-refractivity contribution in [3.8, 4) is 0 Å². The Morgan fingerprint density at radius 2 is 2.15 bits per heavy atom. The number of nitrogens with zero attached hydrogens (tertiary/aromatic N) is 2. The van der Waals surface area contributed by atoms with Crippen LogP contribution in [0.3, 0.4) is 0 Å². The molecule has 0 spiro atoms. The Morgan fingerprint density at radius 3 is 2.89 bits per heavy atom. The molecule has 7 heteroatoms. The van der Waals surface area contributed by atoms with E-state index in [-0.39, 0.29) is 18.4 Å². The van der Waals surface area contributed by atoms with Crippen molar-refractivity contribution in [2.24, 2.45) is 0 Å². The molecule has 0 aliphatic carbocycles. The molecule has 1 aliphatic rings. The van der Waals surface area contributed by atoms with Crippen molar-refractivity contribution in [3.63, 3.8) is 0 Å². The fraction of sp³-hybridized carbons (Fsp3) is 0.350. The Balaban J connectivity index is 1.32. The summed E-state index contributed by atoms with van der Waals surface area (Å²) in [5.41, 5.74) is 2.65. The molecule has 3 aromatic heterocycles. The number of H-pyrrole nitrogens is 1. The molecule has 140 valence electrons. The van der Waals surface area contributed by atoms with Crippen molar-refractivity contribution in [2.45, 2.75) is 25.7 Å². The Labute approximate surface area is 156 Å². The molecule has 1 saturated heterocycles. The smallest absolute Gasteiger partial charge is 0.255 e. The number of pyridine rings is 1. The molecule has 1 fully saturated rings. The number of hydrogen-bond acceptors (Lipinski definition) is 4. The van der Waals surface area contributed by atoms with E-state index >= 15 is 0 Å². The van der Waals surface area contributed by atoms with E-state index in [1.807, 2.05) is 17.2 Å². The van der Waals surface area contributed by atoms with E-state index in [1.165, 1.54) is 11.8 Å². The lowest BCUT2D eigenvalue weighted by Crippen LogP contribution is -2.43. The fourth-order valence-electron chi connectivity index (χ4n) is 3.74. The first kappa shape index (κ1) is 17.3. The van der Waals surface area contributed by atoms with E-state index in [0.29, 0.717) is 30.3 Å². The minimum absolute atomic E-state index is 0.00508. The molecule has 4 heterocycles. The molecule has 0 bridgehead atoms. The van der Waals surface area contributed by atoms with Crippen molar-refractivity contribution < 1.29 is 14.0 Å². The zero-order valence-electron chi connectivity index (χ0n) is 15.2. The molecule has 2 N–H and O–H groups in total. The summed E-state index contributed by atoms with van der Waals surface area (Å²) >= 11 is 0. The Bertz CT molecular complexity index is 966. The second-order valence-electron chi connectivity index (χ2n) is 6.87. The van der Waals surface area contributed by atoms with Crippen molar-refractivity contribution >= 4 is 22.8 Å². The van der Waals surface area contributed by atoms with Crippen molar-refractivity contribution in [3.05, 3.63) is 53.7 Å². The van der Waals surface area contributed by atoms with Crippen LogP contribution in [-0.4, -0.2) is 46.3 Å². The third kappa shape index (κ3) is 3.45. The van der Waals surface area contributed by atoms with Gasteiger partial charge in [0.25, 0.3) is 5.91 Å². The number of piperidine rings is 1. The van der Waals surface area contributed by atoms with Crippen LogP contribution in [0.5, 0.6) is 0 Å². The van der Waals surface area contributed by atoms with Crippen molar-refractivity contribution in [1.29, 1.82) is 0 Å². The van der Waals surface area contributed by atoms with E-state index in [1.54, 1.807) is 19.2 Å². The first-order valence-corrected chi connectivity index (χ1v) is 9.15. The SMILES string of the molecule is Cc1occc1C(=O)NCC(=O)N1CCC(c2c[nH]c3ncccc23)CC1. The van der Waals surface area contributed by atoms with Crippen LogP contribution in [-0.2, 0) is 4.79 Å². The van der Waals surface area contributed by atoms with Gasteiger partial charge in [-0.05, 0) is 49.4 Å². The summed E-state index contributed by atoms with van der Waals surface area (Å²) in [6.07, 6.45) is 7.10. The quantitative estimate of drug-likeness (QED) is 0.742. The number of rotatable bonds is 4. The Hall–Kier alpha value is -3.09. The number of nitrogens with one attached hydrogen (secondary N) is 2. The van der Waals surface area contributed by atoms with Gasteiger partial charge in [0, 0.05) is 30.9 Å². The van der Waals surface area contributed by atoms with Gasteiger partial charge in [-0.1, -0.05) is 0 Å². The zero-order chi connectivity index (χ0) is 18.8. The summed E-state index contributed by atoms with van der Waals surface area (Å²) in [4.78, 5) is 33.9. The summed E-state index contributed by atoms with van der Waals surface area (Å²) in [7, 11) is 0. The maximum absolute atomic E-state index is 12.4. The lowest BCUT2D eigenvalue weighted by Gasteiger charge is -2.32. The van der Waals surface area contributed by atoms with Gasteiger partial charge in [-0.2, -0.15) is 0 Å². The van der Waals surface area contributed by atoms with Gasteiger partial charge in [-0.3, -0.25) is 9.59 Å². The highest BCUT2D eigenvalue weighted by Crippen LogP contribution is 2.32. The summed E-state index contributed by atoms with van der Waals surface area (Å²) in [6.45, 7) is 3.11. The average molecular weight is 366 g/mol. The van der Waals surface area contributed by atoms with Crippen LogP contribution in [0.4, 0.5) is 0 Å². The van der Waals surface area contributed by atoms with Crippen LogP contribution in [0.1, 0.15) is 40.4 Å². The zero-order valence-corrected chi connectivity index (χ0v) is 15.2. The van der Waals surface area contributed by atoms with Crippen LogP contribution < -0.4 is 5.32 Å². The fourth-order valence-corrected chi connectivity index (χ4v) is 3.74. The number of amides is 2. The lowest BCUT2D eigenvalue weighted by molar-refractivity contribution is -0.131. The van der Waals surface area contributed by atoms with Gasteiger partial charge < -0.3 is 19.6 Å². The van der Waals surface area contributed by atoms with Gasteiger partial charge in [-0.15, -0.1) is 0 Å². The summed E-state index contributed by atoms with van der Waals surface area (Å²) in [5.74, 6) is 0.628. The number of hydrogen-bond donors (Lipinski definition) is 2. The molecule has 1 aliphatic heterocycles. The van der Waals surface area contributed by atoms with Crippen molar-refractivity contribution in [1.82, 2.24) is 20.2 Å². The number of aromatic amines is 1. The van der Waals surface area contributed by atoms with Crippen LogP contribution in [0.25, 0.3) is 11.0 Å². The minimum atomic E-state index is -0.282. The molecule has 0 aromatic carbocycles. The summed E-state index contributed by atoms with van der Waals surface area (Å²) in [6, 6.07) is 5.64. The largest absolute Gasteiger partial charge is 0.469 e. The van der Waals surface area contributed by atoms with E-state index in [9.17, 15) is 9.59 Å². The highest BCUT2D eigenvalue weighted by atomic mass is 16.3. The normalized spacial score (nSPS) is 15.2. The van der Waals surface area contributed by atoms with Crippen LogP contribution in [0.15, 0.2) is 41.3 Å². The van der Waals surface area contributed by atoms with E-state index in [2.05, 4.69) is 21.4 Å². The van der Waals surface area contributed by atoms with Crippen LogP contribution in [0.2, 0.25) is 0 Å². The van der Waals surface area contributed by atoms with Crippen LogP contribution >= 0.6 is 0 Å². The monoisotopic (exact) mass is 366 g/mol. The van der Waals surface area contributed by atoms with E-state index < -0.39 is 0 Å². The molecular formula is C20H22N4O3. The molecule has 27 heavy (non-hydrogen) atoms. The molecule has 0 radical (unpaired) electrons. The molecule has 0 unspecified atom stereocenters. The molecule has 0 atom stereocenters. The van der Waals surface area contributed by atoms with Gasteiger partial charge in [0.1, 0.15) is 11.4 Å². The maximum Gasteiger partial charge on any atom is 0.255 e. The predicted molar refractivity (Wildman–Crippen MR) is 100 cm³/mol. The first-order valence-electron chi connectivity index (χ1n) is 9.15. The van der Waals surface area contributed by atoms with Crippen molar-refractivity contribution in [2.75, 3.05) is 19.6 Å². The predicted octanol–water partition coefficient (Wildman–Crippen LogP) is 2.60. The number of furan rings is 1. The van der Waals surface area contributed by atoms with Gasteiger partial charge in [-0.25, -0.2) is 4.98 Å². The standard InChI is InChI=1S/C20H22N4O3/c1-13-15(6-10-27-13)20(26)23-12-18(25)24-8-4-14(5-9-24)17-11-22-19-16(17)3-2-7-21-19/h2-3,6-7,10-11,14H,4-5,8-9,12H2,1H3,(H,21,22)(H,23,26). The molecule has 0 saturated carbocycles. The number of aromatic nitrogens is 2. The molecule has 4 rings (SSSR count). The number of carbonyl (C=O) groups excluding carboxylic acids is 2. The average Bonchev–Trinajstić information content (AvgIpc) is 3.32. The highest BCUT2D eigenvalue weighted by Gasteiger charge is 2.26. The third-order valence-electron chi connectivity index (χ3n) is 5.27. The van der Waals surface area contributed by atoms with E-state index in [4.69, 9.17) is 4.42 Å². The number of aryl methyl sites for hydroxylation is 1. The second kappa shape index (κ2) is 7.26. The molecule has 2 amide bonds. The topological polar surface area (TPSA) is 91.2 Å². The third-order valence-corrected chi connectivity index (χ3v) is 5.27. The molecule has 3 aromatic rings. The summed E-state index contributed by atoms with van der Waals surface area (Å²) < 4.78 is 5.12.